The van der Waals surface area contributed by atoms with Gasteiger partial charge in [0.25, 0.3) is 5.88 Å². The Balaban J connectivity index is 1.38. The minimum atomic E-state index is -1.13. The summed E-state index contributed by atoms with van der Waals surface area (Å²) < 4.78 is 7.68. The highest BCUT2D eigenvalue weighted by Gasteiger charge is 2.27. The smallest absolute Gasteiger partial charge is 0.359 e. The Hall–Kier alpha value is -3.20. The normalized spacial score (nSPS) is 18.9. The highest BCUT2D eigenvalue weighted by molar-refractivity contribution is 5.87. The van der Waals surface area contributed by atoms with E-state index in [2.05, 4.69) is 44.8 Å². The maximum absolute atomic E-state index is 11.2. The number of aromatic amines is 1. The van der Waals surface area contributed by atoms with Crippen LogP contribution in [0.5, 0.6) is 5.88 Å². The molecule has 1 aliphatic carbocycles. The maximum Gasteiger partial charge on any atom is 0.359 e. The number of rotatable bonds is 9. The van der Waals surface area contributed by atoms with Crippen LogP contribution in [0.1, 0.15) is 74.3 Å². The predicted octanol–water partition coefficient (Wildman–Crippen LogP) is 4.02. The highest BCUT2D eigenvalue weighted by atomic mass is 16.5. The second-order valence-electron chi connectivity index (χ2n) is 8.82. The third-order valence-corrected chi connectivity index (χ3v) is 6.84. The number of carbonyl (C=O) groups is 1. The molecule has 0 unspecified atom stereocenters. The van der Waals surface area contributed by atoms with Crippen molar-refractivity contribution < 1.29 is 19.7 Å². The SMILES string of the molecule is CCC(O)(CC)Cn1nccc1-c1ccc([C@H]2CC[C@H](Oc3nn[nH]c3C(=O)O)CC2)cc1. The number of carboxylic acid groups (broad SMARTS) is 1. The van der Waals surface area contributed by atoms with Gasteiger partial charge in [-0.3, -0.25) is 4.68 Å². The molecule has 33 heavy (non-hydrogen) atoms. The van der Waals surface area contributed by atoms with Crippen molar-refractivity contribution >= 4 is 5.97 Å². The number of aliphatic hydroxyl groups is 1. The van der Waals surface area contributed by atoms with Crippen molar-refractivity contribution in [3.63, 3.8) is 0 Å². The van der Waals surface area contributed by atoms with Crippen molar-refractivity contribution in [3.05, 3.63) is 47.8 Å². The van der Waals surface area contributed by atoms with E-state index in [9.17, 15) is 9.90 Å². The summed E-state index contributed by atoms with van der Waals surface area (Å²) in [5.74, 6) is -0.630. The van der Waals surface area contributed by atoms with Crippen LogP contribution in [-0.2, 0) is 6.54 Å². The van der Waals surface area contributed by atoms with Crippen molar-refractivity contribution in [3.8, 4) is 17.1 Å². The summed E-state index contributed by atoms with van der Waals surface area (Å²) in [6, 6.07) is 10.6. The molecule has 3 aromatic rings. The molecule has 2 aromatic heterocycles. The van der Waals surface area contributed by atoms with Crippen LogP contribution >= 0.6 is 0 Å². The van der Waals surface area contributed by atoms with Crippen LogP contribution in [0.25, 0.3) is 11.3 Å². The molecule has 1 aromatic carbocycles. The van der Waals surface area contributed by atoms with E-state index in [1.165, 1.54) is 5.56 Å². The molecule has 0 amide bonds. The average molecular weight is 454 g/mol. The molecule has 4 rings (SSSR count). The number of benzene rings is 1. The molecular weight excluding hydrogens is 422 g/mol. The van der Waals surface area contributed by atoms with Gasteiger partial charge in [-0.2, -0.15) is 5.10 Å². The molecule has 2 heterocycles. The third-order valence-electron chi connectivity index (χ3n) is 6.84. The fraction of sp³-hybridized carbons (Fsp3) is 0.500. The molecule has 176 valence electrons. The number of aromatic nitrogens is 5. The summed E-state index contributed by atoms with van der Waals surface area (Å²) in [6.07, 6.45) is 6.67. The lowest BCUT2D eigenvalue weighted by atomic mass is 9.82. The summed E-state index contributed by atoms with van der Waals surface area (Å²) in [6.45, 7) is 4.47. The standard InChI is InChI=1S/C24H31N5O4/c1-3-24(32,4-2)15-29-20(13-14-25-29)18-7-5-16(6-8-18)17-9-11-19(12-10-17)33-22-21(23(30)31)26-28-27-22/h5-8,13-14,17,19,32H,3-4,9-12,15H2,1-2H3,(H,30,31)(H,26,27,28)/t17-,19-. The Bertz CT molecular complexity index is 1060. The van der Waals surface area contributed by atoms with Crippen LogP contribution in [0.15, 0.2) is 36.5 Å². The number of ether oxygens (including phenoxy) is 1. The lowest BCUT2D eigenvalue weighted by Crippen LogP contribution is -2.33. The molecule has 1 fully saturated rings. The number of aromatic carboxylic acids is 1. The zero-order valence-electron chi connectivity index (χ0n) is 19.1. The lowest BCUT2D eigenvalue weighted by Gasteiger charge is -2.28. The van der Waals surface area contributed by atoms with Crippen LogP contribution in [0.2, 0.25) is 0 Å². The van der Waals surface area contributed by atoms with E-state index in [-0.39, 0.29) is 17.7 Å². The fourth-order valence-electron chi connectivity index (χ4n) is 4.49. The van der Waals surface area contributed by atoms with Crippen LogP contribution in [0.4, 0.5) is 0 Å². The van der Waals surface area contributed by atoms with E-state index in [1.807, 2.05) is 24.6 Å². The van der Waals surface area contributed by atoms with Gasteiger partial charge in [0.15, 0.2) is 0 Å². The van der Waals surface area contributed by atoms with Crippen LogP contribution in [-0.4, -0.2) is 53.1 Å². The number of nitrogens with one attached hydrogen (secondary N) is 1. The van der Waals surface area contributed by atoms with Crippen molar-refractivity contribution in [1.82, 2.24) is 25.2 Å². The van der Waals surface area contributed by atoms with E-state index in [1.54, 1.807) is 6.20 Å². The first kappa shape index (κ1) is 23.0. The number of nitrogens with zero attached hydrogens (tertiary/aromatic N) is 4. The molecule has 0 saturated heterocycles. The molecule has 0 atom stereocenters. The van der Waals surface area contributed by atoms with Crippen molar-refractivity contribution in [2.75, 3.05) is 0 Å². The lowest BCUT2D eigenvalue weighted by molar-refractivity contribution is 0.0123. The fourth-order valence-corrected chi connectivity index (χ4v) is 4.49. The van der Waals surface area contributed by atoms with Crippen LogP contribution < -0.4 is 4.74 Å². The van der Waals surface area contributed by atoms with Crippen molar-refractivity contribution in [1.29, 1.82) is 0 Å². The van der Waals surface area contributed by atoms with Crippen LogP contribution in [0, 0.1) is 0 Å². The summed E-state index contributed by atoms with van der Waals surface area (Å²) in [5, 5.41) is 34.0. The summed E-state index contributed by atoms with van der Waals surface area (Å²) in [7, 11) is 0. The van der Waals surface area contributed by atoms with Crippen LogP contribution in [0.3, 0.4) is 0 Å². The molecule has 0 radical (unpaired) electrons. The number of hydrogen-bond donors (Lipinski definition) is 3. The van der Waals surface area contributed by atoms with Gasteiger partial charge in [0.1, 0.15) is 6.10 Å². The number of hydrogen-bond acceptors (Lipinski definition) is 6. The zero-order valence-corrected chi connectivity index (χ0v) is 19.1. The Kier molecular flexibility index (Phi) is 6.78. The van der Waals surface area contributed by atoms with Gasteiger partial charge >= 0.3 is 5.97 Å². The first-order chi connectivity index (χ1) is 15.9. The largest absolute Gasteiger partial charge is 0.476 e. The van der Waals surface area contributed by atoms with E-state index < -0.39 is 11.6 Å². The summed E-state index contributed by atoms with van der Waals surface area (Å²) in [4.78, 5) is 11.2. The first-order valence-corrected chi connectivity index (χ1v) is 11.6. The Morgan fingerprint density at radius 1 is 1.15 bits per heavy atom. The topological polar surface area (TPSA) is 126 Å². The number of H-pyrrole nitrogens is 1. The molecular formula is C24H31N5O4. The quantitative estimate of drug-likeness (QED) is 0.447. The molecule has 0 spiro atoms. The molecule has 9 nitrogen and oxygen atoms in total. The molecule has 0 bridgehead atoms. The Morgan fingerprint density at radius 2 is 1.85 bits per heavy atom. The molecule has 9 heteroatoms. The van der Waals surface area contributed by atoms with E-state index in [0.29, 0.717) is 25.3 Å². The first-order valence-electron chi connectivity index (χ1n) is 11.6. The minimum absolute atomic E-state index is 0.0601. The Morgan fingerprint density at radius 3 is 2.48 bits per heavy atom. The molecule has 1 saturated carbocycles. The van der Waals surface area contributed by atoms with Gasteiger partial charge in [-0.25, -0.2) is 9.89 Å². The van der Waals surface area contributed by atoms with Gasteiger partial charge in [-0.05, 0) is 61.6 Å². The maximum atomic E-state index is 11.2. The van der Waals surface area contributed by atoms with Gasteiger partial charge in [0.05, 0.1) is 17.8 Å². The zero-order chi connectivity index (χ0) is 23.4. The molecule has 1 aliphatic rings. The average Bonchev–Trinajstić information content (AvgIpc) is 3.49. The predicted molar refractivity (Wildman–Crippen MR) is 122 cm³/mol. The second kappa shape index (κ2) is 9.74. The van der Waals surface area contributed by atoms with E-state index >= 15 is 0 Å². The monoisotopic (exact) mass is 453 g/mol. The summed E-state index contributed by atoms with van der Waals surface area (Å²) >= 11 is 0. The summed E-state index contributed by atoms with van der Waals surface area (Å²) in [5.41, 5.74) is 2.51. The minimum Gasteiger partial charge on any atom is -0.476 e. The third kappa shape index (κ3) is 5.08. The highest BCUT2D eigenvalue weighted by Crippen LogP contribution is 2.35. The molecule has 3 N–H and O–H groups in total. The van der Waals surface area contributed by atoms with Gasteiger partial charge in [0.2, 0.25) is 5.69 Å². The van der Waals surface area contributed by atoms with Crippen molar-refractivity contribution in [2.24, 2.45) is 0 Å². The van der Waals surface area contributed by atoms with Gasteiger partial charge < -0.3 is 14.9 Å². The molecule has 0 aliphatic heterocycles. The van der Waals surface area contributed by atoms with Gasteiger partial charge in [-0.15, -0.1) is 0 Å². The van der Waals surface area contributed by atoms with Gasteiger partial charge in [-0.1, -0.05) is 48.4 Å². The second-order valence-corrected chi connectivity index (χ2v) is 8.82. The van der Waals surface area contributed by atoms with E-state index in [0.717, 1.165) is 36.9 Å². The van der Waals surface area contributed by atoms with E-state index in [4.69, 9.17) is 9.84 Å². The Labute approximate surface area is 192 Å². The van der Waals surface area contributed by atoms with Crippen molar-refractivity contribution in [2.45, 2.75) is 76.5 Å². The van der Waals surface area contributed by atoms with Gasteiger partial charge in [0, 0.05) is 6.20 Å². The number of carboxylic acids is 1.